The molecule has 1 aliphatic rings. The molecule has 0 fully saturated rings. The Labute approximate surface area is 167 Å². The number of thioether (sulfide) groups is 1. The molecule has 0 aromatic heterocycles. The highest BCUT2D eigenvalue weighted by atomic mass is 35.5. The number of hydrogen-bond donors (Lipinski definition) is 1. The van der Waals surface area contributed by atoms with Gasteiger partial charge < -0.3 is 10.1 Å². The van der Waals surface area contributed by atoms with Crippen LogP contribution < -0.4 is 10.2 Å². The molecule has 9 heteroatoms. The number of methoxy groups -OCH3 is 1. The van der Waals surface area contributed by atoms with Crippen molar-refractivity contribution in [2.24, 2.45) is 10.9 Å². The summed E-state index contributed by atoms with van der Waals surface area (Å²) < 4.78 is 4.74. The van der Waals surface area contributed by atoms with Crippen LogP contribution in [-0.2, 0) is 19.1 Å². The van der Waals surface area contributed by atoms with Gasteiger partial charge in [0.15, 0.2) is 5.17 Å². The molecule has 0 bridgehead atoms. The Morgan fingerprint density at radius 3 is 2.70 bits per heavy atom. The summed E-state index contributed by atoms with van der Waals surface area (Å²) >= 11 is 7.30. The standard InChI is InChI=1S/C18H22ClN3O4S/c1-11(2)8-13(17(25)26-3)21-15(23)10-27-18-20-9-16(24)22(18)14-7-5-4-6-12(14)19/h4-7,11,13H,8-10H2,1-3H3,(H,21,23)/t13-/m0/s1. The molecule has 1 aromatic carbocycles. The minimum atomic E-state index is -0.699. The van der Waals surface area contributed by atoms with Crippen LogP contribution in [-0.4, -0.2) is 48.4 Å². The zero-order valence-electron chi connectivity index (χ0n) is 15.4. The average Bonchev–Trinajstić information content (AvgIpc) is 2.99. The first-order valence-corrected chi connectivity index (χ1v) is 9.81. The molecule has 7 nitrogen and oxygen atoms in total. The van der Waals surface area contributed by atoms with E-state index >= 15 is 0 Å². The van der Waals surface area contributed by atoms with Crippen LogP contribution in [0, 0.1) is 5.92 Å². The molecule has 0 radical (unpaired) electrons. The van der Waals surface area contributed by atoms with E-state index in [1.54, 1.807) is 24.3 Å². The number of esters is 1. The number of nitrogens with one attached hydrogen (secondary N) is 1. The topological polar surface area (TPSA) is 88.1 Å². The fraction of sp³-hybridized carbons (Fsp3) is 0.444. The van der Waals surface area contributed by atoms with Crippen molar-refractivity contribution in [2.75, 3.05) is 24.3 Å². The van der Waals surface area contributed by atoms with Gasteiger partial charge in [-0.2, -0.15) is 0 Å². The summed E-state index contributed by atoms with van der Waals surface area (Å²) in [5.74, 6) is -0.795. The van der Waals surface area contributed by atoms with E-state index in [1.807, 2.05) is 13.8 Å². The van der Waals surface area contributed by atoms with Gasteiger partial charge in [-0.3, -0.25) is 19.5 Å². The van der Waals surface area contributed by atoms with Crippen LogP contribution >= 0.6 is 23.4 Å². The van der Waals surface area contributed by atoms with Crippen LogP contribution in [0.15, 0.2) is 29.3 Å². The molecular weight excluding hydrogens is 390 g/mol. The molecule has 1 N–H and O–H groups in total. The highest BCUT2D eigenvalue weighted by Gasteiger charge is 2.30. The number of amides is 2. The van der Waals surface area contributed by atoms with Crippen LogP contribution in [0.3, 0.4) is 0 Å². The van der Waals surface area contributed by atoms with E-state index in [-0.39, 0.29) is 30.0 Å². The number of nitrogens with zero attached hydrogens (tertiary/aromatic N) is 2. The van der Waals surface area contributed by atoms with E-state index in [0.717, 1.165) is 11.8 Å². The van der Waals surface area contributed by atoms with Gasteiger partial charge in [0.25, 0.3) is 5.91 Å². The van der Waals surface area contributed by atoms with Crippen molar-refractivity contribution in [1.29, 1.82) is 0 Å². The molecule has 2 amide bonds. The van der Waals surface area contributed by atoms with E-state index in [1.165, 1.54) is 12.0 Å². The van der Waals surface area contributed by atoms with Crippen LogP contribution in [0.1, 0.15) is 20.3 Å². The van der Waals surface area contributed by atoms with Crippen LogP contribution in [0.25, 0.3) is 0 Å². The van der Waals surface area contributed by atoms with Gasteiger partial charge in [-0.25, -0.2) is 4.79 Å². The molecule has 1 aliphatic heterocycles. The first kappa shape index (κ1) is 21.2. The second-order valence-electron chi connectivity index (χ2n) is 6.34. The fourth-order valence-corrected chi connectivity index (χ4v) is 3.61. The quantitative estimate of drug-likeness (QED) is 0.696. The maximum absolute atomic E-state index is 12.3. The average molecular weight is 412 g/mol. The lowest BCUT2D eigenvalue weighted by molar-refractivity contribution is -0.145. The minimum absolute atomic E-state index is 0.00725. The number of hydrogen-bond acceptors (Lipinski definition) is 6. The molecule has 2 rings (SSSR count). The second-order valence-corrected chi connectivity index (χ2v) is 7.69. The van der Waals surface area contributed by atoms with Crippen molar-refractivity contribution >= 4 is 52.0 Å². The van der Waals surface area contributed by atoms with E-state index in [0.29, 0.717) is 22.3 Å². The Hall–Kier alpha value is -2.06. The number of para-hydroxylation sites is 1. The summed E-state index contributed by atoms with van der Waals surface area (Å²) in [5, 5.41) is 3.51. The summed E-state index contributed by atoms with van der Waals surface area (Å²) in [5.41, 5.74) is 0.528. The maximum atomic E-state index is 12.3. The molecule has 0 saturated carbocycles. The minimum Gasteiger partial charge on any atom is -0.467 e. The molecule has 1 atom stereocenters. The summed E-state index contributed by atoms with van der Waals surface area (Å²) in [6.07, 6.45) is 0.480. The Balaban J connectivity index is 2.00. The molecular formula is C18H22ClN3O4S. The lowest BCUT2D eigenvalue weighted by atomic mass is 10.0. The zero-order valence-corrected chi connectivity index (χ0v) is 17.0. The summed E-state index contributed by atoms with van der Waals surface area (Å²) in [6, 6.07) is 6.25. The Morgan fingerprint density at radius 1 is 1.37 bits per heavy atom. The van der Waals surface area contributed by atoms with Gasteiger partial charge in [-0.1, -0.05) is 49.3 Å². The first-order chi connectivity index (χ1) is 12.8. The number of carbonyl (C=O) groups is 3. The monoisotopic (exact) mass is 411 g/mol. The summed E-state index contributed by atoms with van der Waals surface area (Å²) in [6.45, 7) is 3.92. The van der Waals surface area contributed by atoms with Crippen LogP contribution in [0.4, 0.5) is 5.69 Å². The third-order valence-corrected chi connectivity index (χ3v) is 5.04. The Morgan fingerprint density at radius 2 is 2.07 bits per heavy atom. The van der Waals surface area contributed by atoms with Gasteiger partial charge in [-0.05, 0) is 24.5 Å². The Kier molecular flexibility index (Phi) is 7.67. The normalized spacial score (nSPS) is 14.9. The molecule has 0 saturated heterocycles. The predicted octanol–water partition coefficient (Wildman–Crippen LogP) is 2.48. The molecule has 0 spiro atoms. The van der Waals surface area contributed by atoms with Crippen molar-refractivity contribution in [2.45, 2.75) is 26.3 Å². The van der Waals surface area contributed by atoms with E-state index < -0.39 is 12.0 Å². The predicted molar refractivity (Wildman–Crippen MR) is 107 cm³/mol. The van der Waals surface area contributed by atoms with Gasteiger partial charge in [0.2, 0.25) is 5.91 Å². The number of benzene rings is 1. The fourth-order valence-electron chi connectivity index (χ4n) is 2.56. The van der Waals surface area contributed by atoms with E-state index in [4.69, 9.17) is 16.3 Å². The number of ether oxygens (including phenoxy) is 1. The van der Waals surface area contributed by atoms with E-state index in [9.17, 15) is 14.4 Å². The number of amidine groups is 1. The molecule has 1 aromatic rings. The van der Waals surface area contributed by atoms with Crippen molar-refractivity contribution in [3.63, 3.8) is 0 Å². The number of aliphatic imine (C=N–C) groups is 1. The van der Waals surface area contributed by atoms with Gasteiger partial charge in [0.05, 0.1) is 23.6 Å². The maximum Gasteiger partial charge on any atom is 0.328 e. The first-order valence-electron chi connectivity index (χ1n) is 8.45. The van der Waals surface area contributed by atoms with Crippen LogP contribution in [0.5, 0.6) is 0 Å². The third-order valence-electron chi connectivity index (χ3n) is 3.74. The van der Waals surface area contributed by atoms with Crippen molar-refractivity contribution in [1.82, 2.24) is 5.32 Å². The number of halogens is 1. The van der Waals surface area contributed by atoms with Crippen molar-refractivity contribution < 1.29 is 19.1 Å². The molecule has 0 aliphatic carbocycles. The molecule has 1 heterocycles. The summed E-state index contributed by atoms with van der Waals surface area (Å²) in [4.78, 5) is 41.9. The third kappa shape index (κ3) is 5.71. The lowest BCUT2D eigenvalue weighted by Crippen LogP contribution is -2.43. The Bertz CT molecular complexity index is 754. The lowest BCUT2D eigenvalue weighted by Gasteiger charge is -2.20. The number of carbonyl (C=O) groups excluding carboxylic acids is 3. The van der Waals surface area contributed by atoms with Crippen molar-refractivity contribution in [3.05, 3.63) is 29.3 Å². The number of rotatable bonds is 7. The highest BCUT2D eigenvalue weighted by molar-refractivity contribution is 8.14. The second kappa shape index (κ2) is 9.75. The smallest absolute Gasteiger partial charge is 0.328 e. The van der Waals surface area contributed by atoms with Crippen molar-refractivity contribution in [3.8, 4) is 0 Å². The van der Waals surface area contributed by atoms with Crippen LogP contribution in [0.2, 0.25) is 5.02 Å². The SMILES string of the molecule is COC(=O)[C@H](CC(C)C)NC(=O)CSC1=NCC(=O)N1c1ccccc1Cl. The number of anilines is 1. The van der Waals surface area contributed by atoms with Gasteiger partial charge in [0.1, 0.15) is 12.6 Å². The zero-order chi connectivity index (χ0) is 20.0. The molecule has 27 heavy (non-hydrogen) atoms. The molecule has 146 valence electrons. The summed E-state index contributed by atoms with van der Waals surface area (Å²) in [7, 11) is 1.29. The van der Waals surface area contributed by atoms with Gasteiger partial charge >= 0.3 is 5.97 Å². The largest absolute Gasteiger partial charge is 0.467 e. The van der Waals surface area contributed by atoms with E-state index in [2.05, 4.69) is 10.3 Å². The van der Waals surface area contributed by atoms with Gasteiger partial charge in [-0.15, -0.1) is 0 Å². The molecule has 0 unspecified atom stereocenters. The van der Waals surface area contributed by atoms with Gasteiger partial charge in [0, 0.05) is 0 Å². The highest BCUT2D eigenvalue weighted by Crippen LogP contribution is 2.30.